The average molecular weight is 249 g/mol. The fraction of sp³-hybridized carbons (Fsp3) is 1.00. The molecule has 4 atom stereocenters. The van der Waals surface area contributed by atoms with Gasteiger partial charge < -0.3 is 15.6 Å². The van der Waals surface area contributed by atoms with Gasteiger partial charge in [0.2, 0.25) is 0 Å². The van der Waals surface area contributed by atoms with E-state index in [1.54, 1.807) is 0 Å². The van der Waals surface area contributed by atoms with Gasteiger partial charge in [0.05, 0.1) is 24.9 Å². The van der Waals surface area contributed by atoms with Crippen LogP contribution in [0.5, 0.6) is 0 Å². The number of ether oxygens (including phenoxy) is 1. The molecule has 17 heavy (non-hydrogen) atoms. The number of hydrogen-bond donors (Lipinski definition) is 3. The van der Waals surface area contributed by atoms with Crippen LogP contribution in [0.2, 0.25) is 0 Å². The Balaban J connectivity index is 2.81. The van der Waals surface area contributed by atoms with Gasteiger partial charge >= 0.3 is 0 Å². The standard InChI is InChI=1S/C10H23N3O4/c1-6(2)10-8(11)4-13(17-16-12)7(3)9(5-14)15-10/h6-10,14H,4-5,11-12H2,1-3H3/t7?,8-,9?,10?/m0/s1. The van der Waals surface area contributed by atoms with E-state index in [9.17, 15) is 5.11 Å². The third-order valence-corrected chi connectivity index (χ3v) is 3.11. The molecule has 0 radical (unpaired) electrons. The van der Waals surface area contributed by atoms with Crippen LogP contribution in [0.4, 0.5) is 0 Å². The first kappa shape index (κ1) is 14.8. The zero-order valence-electron chi connectivity index (χ0n) is 10.6. The Kier molecular flexibility index (Phi) is 5.74. The van der Waals surface area contributed by atoms with E-state index in [0.29, 0.717) is 6.54 Å². The fourth-order valence-electron chi connectivity index (χ4n) is 2.08. The lowest BCUT2D eigenvalue weighted by molar-refractivity contribution is -0.442. The first-order valence-corrected chi connectivity index (χ1v) is 5.83. The molecule has 0 aromatic heterocycles. The van der Waals surface area contributed by atoms with E-state index in [1.807, 2.05) is 20.8 Å². The van der Waals surface area contributed by atoms with E-state index in [-0.39, 0.29) is 36.8 Å². The largest absolute Gasteiger partial charge is 0.394 e. The lowest BCUT2D eigenvalue weighted by atomic mass is 10.0. The van der Waals surface area contributed by atoms with Crippen LogP contribution in [-0.2, 0) is 14.7 Å². The van der Waals surface area contributed by atoms with Crippen molar-refractivity contribution in [2.24, 2.45) is 17.5 Å². The second-order valence-corrected chi connectivity index (χ2v) is 4.74. The van der Waals surface area contributed by atoms with Gasteiger partial charge in [0.1, 0.15) is 0 Å². The minimum atomic E-state index is -0.383. The minimum Gasteiger partial charge on any atom is -0.394 e. The van der Waals surface area contributed by atoms with E-state index >= 15 is 0 Å². The van der Waals surface area contributed by atoms with Crippen LogP contribution in [0.1, 0.15) is 20.8 Å². The van der Waals surface area contributed by atoms with Gasteiger partial charge in [-0.2, -0.15) is 5.90 Å². The molecular formula is C10H23N3O4. The zero-order chi connectivity index (χ0) is 13.0. The summed E-state index contributed by atoms with van der Waals surface area (Å²) < 4.78 is 5.83. The van der Waals surface area contributed by atoms with Crippen molar-refractivity contribution in [2.45, 2.75) is 45.1 Å². The van der Waals surface area contributed by atoms with Crippen molar-refractivity contribution in [3.63, 3.8) is 0 Å². The molecule has 7 nitrogen and oxygen atoms in total. The third-order valence-electron chi connectivity index (χ3n) is 3.11. The van der Waals surface area contributed by atoms with Crippen molar-refractivity contribution >= 4 is 0 Å². The normalized spacial score (nSPS) is 36.2. The summed E-state index contributed by atoms with van der Waals surface area (Å²) in [5.74, 6) is 5.15. The van der Waals surface area contributed by atoms with E-state index in [4.69, 9.17) is 21.4 Å². The average Bonchev–Trinajstić information content (AvgIpc) is 2.38. The van der Waals surface area contributed by atoms with E-state index in [0.717, 1.165) is 0 Å². The summed E-state index contributed by atoms with van der Waals surface area (Å²) in [6.45, 7) is 6.23. The Morgan fingerprint density at radius 1 is 1.53 bits per heavy atom. The molecule has 102 valence electrons. The monoisotopic (exact) mass is 249 g/mol. The summed E-state index contributed by atoms with van der Waals surface area (Å²) in [7, 11) is 0. The molecule has 1 saturated heterocycles. The summed E-state index contributed by atoms with van der Waals surface area (Å²) in [5.41, 5.74) is 6.06. The van der Waals surface area contributed by atoms with Crippen LogP contribution in [0, 0.1) is 5.92 Å². The van der Waals surface area contributed by atoms with E-state index in [2.05, 4.69) is 4.99 Å². The molecule has 1 rings (SSSR count). The Hall–Kier alpha value is -0.280. The number of hydrogen-bond acceptors (Lipinski definition) is 7. The molecule has 1 heterocycles. The molecule has 0 aromatic rings. The summed E-state index contributed by atoms with van der Waals surface area (Å²) >= 11 is 0. The molecule has 0 amide bonds. The summed E-state index contributed by atoms with van der Waals surface area (Å²) in [4.78, 5) is 9.02. The van der Waals surface area contributed by atoms with Gasteiger partial charge in [0.15, 0.2) is 0 Å². The highest BCUT2D eigenvalue weighted by Crippen LogP contribution is 2.22. The lowest BCUT2D eigenvalue weighted by Crippen LogP contribution is -2.46. The molecule has 1 fully saturated rings. The maximum absolute atomic E-state index is 9.34. The second kappa shape index (κ2) is 6.60. The number of rotatable bonds is 4. The van der Waals surface area contributed by atoms with Crippen molar-refractivity contribution < 1.29 is 19.8 Å². The Labute approximate surface area is 101 Å². The minimum absolute atomic E-state index is 0.110. The van der Waals surface area contributed by atoms with Gasteiger partial charge in [-0.25, -0.2) is 0 Å². The van der Waals surface area contributed by atoms with Crippen molar-refractivity contribution in [3.8, 4) is 0 Å². The molecule has 0 bridgehead atoms. The molecule has 1 aliphatic rings. The number of aliphatic hydroxyl groups is 1. The van der Waals surface area contributed by atoms with Crippen molar-refractivity contribution in [3.05, 3.63) is 0 Å². The van der Waals surface area contributed by atoms with Crippen LogP contribution in [0.25, 0.3) is 0 Å². The first-order chi connectivity index (χ1) is 8.01. The maximum Gasteiger partial charge on any atom is 0.0986 e. The predicted octanol–water partition coefficient (Wildman–Crippen LogP) is -0.843. The first-order valence-electron chi connectivity index (χ1n) is 5.83. The summed E-state index contributed by atoms with van der Waals surface area (Å²) in [6, 6.07) is -0.428. The van der Waals surface area contributed by atoms with Crippen molar-refractivity contribution in [1.29, 1.82) is 0 Å². The van der Waals surface area contributed by atoms with Crippen LogP contribution < -0.4 is 11.6 Å². The van der Waals surface area contributed by atoms with Gasteiger partial charge in [0, 0.05) is 12.6 Å². The second-order valence-electron chi connectivity index (χ2n) is 4.74. The highest BCUT2D eigenvalue weighted by Gasteiger charge is 2.37. The SMILES string of the molecule is CC(C)C1OC(CO)C(C)N(OON)C[C@@H]1N. The molecule has 5 N–H and O–H groups in total. The number of aliphatic hydroxyl groups excluding tert-OH is 1. The molecule has 0 aliphatic carbocycles. The highest BCUT2D eigenvalue weighted by atomic mass is 17.3. The van der Waals surface area contributed by atoms with Crippen LogP contribution in [0.3, 0.4) is 0 Å². The van der Waals surface area contributed by atoms with Gasteiger partial charge in [-0.15, -0.1) is 15.0 Å². The number of hydroxylamine groups is 2. The van der Waals surface area contributed by atoms with Crippen molar-refractivity contribution in [1.82, 2.24) is 5.06 Å². The Bertz CT molecular complexity index is 230. The Morgan fingerprint density at radius 2 is 2.18 bits per heavy atom. The third kappa shape index (κ3) is 3.59. The topological polar surface area (TPSA) is 103 Å². The molecule has 7 heteroatoms. The quantitative estimate of drug-likeness (QED) is 0.441. The molecule has 0 spiro atoms. The van der Waals surface area contributed by atoms with Gasteiger partial charge in [0.25, 0.3) is 0 Å². The van der Waals surface area contributed by atoms with Crippen LogP contribution in [0.15, 0.2) is 0 Å². The maximum atomic E-state index is 9.34. The van der Waals surface area contributed by atoms with Crippen molar-refractivity contribution in [2.75, 3.05) is 13.2 Å². The highest BCUT2D eigenvalue weighted by molar-refractivity contribution is 4.87. The molecule has 0 aromatic carbocycles. The molecule has 1 aliphatic heterocycles. The zero-order valence-corrected chi connectivity index (χ0v) is 10.6. The van der Waals surface area contributed by atoms with Crippen LogP contribution in [-0.4, -0.2) is 47.6 Å². The smallest absolute Gasteiger partial charge is 0.0986 e. The summed E-state index contributed by atoms with van der Waals surface area (Å²) in [6.07, 6.45) is -0.521. The number of nitrogens with zero attached hydrogens (tertiary/aromatic N) is 1. The lowest BCUT2D eigenvalue weighted by Gasteiger charge is -2.28. The van der Waals surface area contributed by atoms with Gasteiger partial charge in [-0.1, -0.05) is 13.8 Å². The predicted molar refractivity (Wildman–Crippen MR) is 61.1 cm³/mol. The Morgan fingerprint density at radius 3 is 2.65 bits per heavy atom. The fourth-order valence-corrected chi connectivity index (χ4v) is 2.08. The molecule has 0 saturated carbocycles. The van der Waals surface area contributed by atoms with Crippen LogP contribution >= 0.6 is 0 Å². The molecule has 3 unspecified atom stereocenters. The van der Waals surface area contributed by atoms with E-state index in [1.165, 1.54) is 5.06 Å². The molecular weight excluding hydrogens is 226 g/mol. The summed E-state index contributed by atoms with van der Waals surface area (Å²) in [5, 5.41) is 10.8. The van der Waals surface area contributed by atoms with E-state index < -0.39 is 0 Å². The van der Waals surface area contributed by atoms with Gasteiger partial charge in [-0.3, -0.25) is 0 Å². The van der Waals surface area contributed by atoms with Gasteiger partial charge in [-0.05, 0) is 12.8 Å². The number of nitrogens with two attached hydrogens (primary N) is 2.